The smallest absolute Gasteiger partial charge is 0.247 e. The summed E-state index contributed by atoms with van der Waals surface area (Å²) in [6, 6.07) is 14.9. The first kappa shape index (κ1) is 18.6. The number of aromatic nitrogens is 2. The van der Waals surface area contributed by atoms with Crippen molar-refractivity contribution in [2.24, 2.45) is 0 Å². The second-order valence-electron chi connectivity index (χ2n) is 6.40. The Labute approximate surface area is 167 Å². The first-order valence-corrected chi connectivity index (χ1v) is 10.4. The fourth-order valence-electron chi connectivity index (χ4n) is 2.84. The monoisotopic (exact) mass is 414 g/mol. The third kappa shape index (κ3) is 3.64. The SMILES string of the molecule is N#Cc1ccccc1S(=O)(=O)N(Cc1nnc(-c2ccc(Cl)cc2)o1)C1CC1. The van der Waals surface area contributed by atoms with Gasteiger partial charge in [0.05, 0.1) is 17.0 Å². The summed E-state index contributed by atoms with van der Waals surface area (Å²) in [5.74, 6) is 0.479. The highest BCUT2D eigenvalue weighted by molar-refractivity contribution is 7.89. The molecule has 0 spiro atoms. The zero-order valence-electron chi connectivity index (χ0n) is 14.6. The molecule has 0 atom stereocenters. The van der Waals surface area contributed by atoms with Crippen molar-refractivity contribution >= 4 is 21.6 Å². The summed E-state index contributed by atoms with van der Waals surface area (Å²) in [5.41, 5.74) is 0.805. The molecule has 0 amide bonds. The summed E-state index contributed by atoms with van der Waals surface area (Å²) in [4.78, 5) is -0.0122. The average molecular weight is 415 g/mol. The van der Waals surface area contributed by atoms with Crippen LogP contribution < -0.4 is 0 Å². The maximum absolute atomic E-state index is 13.2. The molecule has 0 radical (unpaired) electrons. The summed E-state index contributed by atoms with van der Waals surface area (Å²) in [5, 5.41) is 17.9. The molecule has 28 heavy (non-hydrogen) atoms. The Morgan fingerprint density at radius 1 is 1.14 bits per heavy atom. The van der Waals surface area contributed by atoms with E-state index in [1.54, 1.807) is 36.4 Å². The van der Waals surface area contributed by atoms with Gasteiger partial charge in [-0.1, -0.05) is 23.7 Å². The Hall–Kier alpha value is -2.73. The summed E-state index contributed by atoms with van der Waals surface area (Å²) >= 11 is 5.89. The average Bonchev–Trinajstić information content (AvgIpc) is 3.44. The first-order chi connectivity index (χ1) is 13.5. The van der Waals surface area contributed by atoms with Gasteiger partial charge in [0.25, 0.3) is 0 Å². The van der Waals surface area contributed by atoms with Gasteiger partial charge in [-0.2, -0.15) is 9.57 Å². The molecule has 0 N–H and O–H groups in total. The molecule has 142 valence electrons. The van der Waals surface area contributed by atoms with Gasteiger partial charge in [0.15, 0.2) is 0 Å². The predicted octanol–water partition coefficient (Wildman–Crippen LogP) is 3.61. The van der Waals surface area contributed by atoms with Crippen molar-refractivity contribution in [2.75, 3.05) is 0 Å². The number of nitriles is 1. The van der Waals surface area contributed by atoms with Crippen molar-refractivity contribution in [2.45, 2.75) is 30.3 Å². The molecule has 7 nitrogen and oxygen atoms in total. The van der Waals surface area contributed by atoms with E-state index < -0.39 is 10.0 Å². The molecule has 0 aliphatic heterocycles. The van der Waals surface area contributed by atoms with Gasteiger partial charge in [0.1, 0.15) is 6.07 Å². The standard InChI is InChI=1S/C19H15ClN4O3S/c20-15-7-5-13(6-8-15)19-23-22-18(27-19)12-24(16-9-10-16)28(25,26)17-4-2-1-3-14(17)11-21/h1-8,16H,9-10,12H2. The fourth-order valence-corrected chi connectivity index (χ4v) is 4.75. The zero-order valence-corrected chi connectivity index (χ0v) is 16.2. The number of halogens is 1. The second-order valence-corrected chi connectivity index (χ2v) is 8.69. The molecular formula is C19H15ClN4O3S. The van der Waals surface area contributed by atoms with Gasteiger partial charge in [-0.25, -0.2) is 8.42 Å². The van der Waals surface area contributed by atoms with E-state index in [-0.39, 0.29) is 34.8 Å². The molecule has 4 rings (SSSR count). The van der Waals surface area contributed by atoms with Crippen molar-refractivity contribution in [3.63, 3.8) is 0 Å². The lowest BCUT2D eigenvalue weighted by Gasteiger charge is -2.20. The van der Waals surface area contributed by atoms with Gasteiger partial charge in [-0.15, -0.1) is 10.2 Å². The van der Waals surface area contributed by atoms with Crippen LogP contribution in [0.2, 0.25) is 5.02 Å². The number of hydrogen-bond acceptors (Lipinski definition) is 6. The molecule has 0 bridgehead atoms. The lowest BCUT2D eigenvalue weighted by Crippen LogP contribution is -2.33. The topological polar surface area (TPSA) is 100 Å². The van der Waals surface area contributed by atoms with Crippen molar-refractivity contribution in [3.8, 4) is 17.5 Å². The molecule has 1 heterocycles. The van der Waals surface area contributed by atoms with E-state index >= 15 is 0 Å². The van der Waals surface area contributed by atoms with Crippen LogP contribution in [0.1, 0.15) is 24.3 Å². The summed E-state index contributed by atoms with van der Waals surface area (Å²) in [7, 11) is -3.87. The molecule has 3 aromatic rings. The van der Waals surface area contributed by atoms with E-state index in [9.17, 15) is 13.7 Å². The van der Waals surface area contributed by atoms with Gasteiger partial charge in [0.2, 0.25) is 21.8 Å². The highest BCUT2D eigenvalue weighted by atomic mass is 35.5. The van der Waals surface area contributed by atoms with Gasteiger partial charge in [-0.3, -0.25) is 0 Å². The molecule has 0 saturated heterocycles. The van der Waals surface area contributed by atoms with Crippen LogP contribution in [-0.4, -0.2) is 29.0 Å². The third-order valence-electron chi connectivity index (χ3n) is 4.40. The van der Waals surface area contributed by atoms with E-state index in [0.717, 1.165) is 12.8 Å². The Bertz CT molecular complexity index is 1150. The fraction of sp³-hybridized carbons (Fsp3) is 0.211. The van der Waals surface area contributed by atoms with Crippen LogP contribution in [0.4, 0.5) is 0 Å². The molecule has 1 saturated carbocycles. The number of sulfonamides is 1. The molecule has 1 fully saturated rings. The minimum atomic E-state index is -3.87. The summed E-state index contributed by atoms with van der Waals surface area (Å²) in [6.45, 7) is -0.0483. The van der Waals surface area contributed by atoms with Crippen molar-refractivity contribution < 1.29 is 12.8 Å². The van der Waals surface area contributed by atoms with Crippen LogP contribution in [0.5, 0.6) is 0 Å². The predicted molar refractivity (Wildman–Crippen MR) is 102 cm³/mol. The number of rotatable bonds is 6. The van der Waals surface area contributed by atoms with E-state index in [0.29, 0.717) is 10.6 Å². The Balaban J connectivity index is 1.63. The van der Waals surface area contributed by atoms with Gasteiger partial charge in [-0.05, 0) is 49.2 Å². The van der Waals surface area contributed by atoms with Crippen molar-refractivity contribution in [1.82, 2.24) is 14.5 Å². The van der Waals surface area contributed by atoms with E-state index in [1.165, 1.54) is 16.4 Å². The molecule has 2 aromatic carbocycles. The molecule has 0 unspecified atom stereocenters. The van der Waals surface area contributed by atoms with Crippen LogP contribution in [0.25, 0.3) is 11.5 Å². The van der Waals surface area contributed by atoms with E-state index in [4.69, 9.17) is 16.0 Å². The van der Waals surface area contributed by atoms with Crippen LogP contribution in [-0.2, 0) is 16.6 Å². The van der Waals surface area contributed by atoms with Crippen LogP contribution in [0.3, 0.4) is 0 Å². The second kappa shape index (κ2) is 7.36. The van der Waals surface area contributed by atoms with Crippen LogP contribution in [0.15, 0.2) is 57.8 Å². The quantitative estimate of drug-likeness (QED) is 0.610. The Morgan fingerprint density at radius 2 is 1.86 bits per heavy atom. The van der Waals surface area contributed by atoms with Gasteiger partial charge >= 0.3 is 0 Å². The molecule has 1 aliphatic carbocycles. The maximum Gasteiger partial charge on any atom is 0.247 e. The van der Waals surface area contributed by atoms with Gasteiger partial charge in [0, 0.05) is 16.6 Å². The zero-order chi connectivity index (χ0) is 19.7. The van der Waals surface area contributed by atoms with Gasteiger partial charge < -0.3 is 4.42 Å². The summed E-state index contributed by atoms with van der Waals surface area (Å²) < 4.78 is 33.4. The molecule has 9 heteroatoms. The largest absolute Gasteiger partial charge is 0.419 e. The highest BCUT2D eigenvalue weighted by Gasteiger charge is 2.40. The van der Waals surface area contributed by atoms with Crippen LogP contribution >= 0.6 is 11.6 Å². The minimum Gasteiger partial charge on any atom is -0.419 e. The summed E-state index contributed by atoms with van der Waals surface area (Å²) in [6.07, 6.45) is 1.51. The van der Waals surface area contributed by atoms with E-state index in [1.807, 2.05) is 6.07 Å². The number of nitrogens with zero attached hydrogens (tertiary/aromatic N) is 4. The minimum absolute atomic E-state index is 0.0122. The Morgan fingerprint density at radius 3 is 2.54 bits per heavy atom. The first-order valence-electron chi connectivity index (χ1n) is 8.58. The van der Waals surface area contributed by atoms with Crippen molar-refractivity contribution in [3.05, 3.63) is 65.0 Å². The Kier molecular flexibility index (Phi) is 4.89. The lowest BCUT2D eigenvalue weighted by molar-refractivity contribution is 0.351. The molecule has 1 aromatic heterocycles. The highest BCUT2D eigenvalue weighted by Crippen LogP contribution is 2.34. The third-order valence-corrected chi connectivity index (χ3v) is 6.61. The number of benzene rings is 2. The van der Waals surface area contributed by atoms with Crippen LogP contribution in [0, 0.1) is 11.3 Å². The number of hydrogen-bond donors (Lipinski definition) is 0. The van der Waals surface area contributed by atoms with Crippen molar-refractivity contribution in [1.29, 1.82) is 5.26 Å². The normalized spacial score (nSPS) is 14.2. The lowest BCUT2D eigenvalue weighted by atomic mass is 10.2. The maximum atomic E-state index is 13.2. The molecular weight excluding hydrogens is 400 g/mol. The van der Waals surface area contributed by atoms with E-state index in [2.05, 4.69) is 10.2 Å². The molecule has 1 aliphatic rings.